The molecule has 2 atom stereocenters. The Morgan fingerprint density at radius 3 is 2.34 bits per heavy atom. The van der Waals surface area contributed by atoms with E-state index in [-0.39, 0.29) is 17.1 Å². The van der Waals surface area contributed by atoms with Crippen molar-refractivity contribution in [2.75, 3.05) is 13.1 Å². The molecule has 2 aromatic carbocycles. The molecule has 0 bridgehead atoms. The molecule has 0 unspecified atom stereocenters. The SMILES string of the molecule is C[C@@H]1C[C@@H](C)CN(S(=O)(=O)c2ccc(C(=O)OCc3ccccc3C#N)cc2)C1. The van der Waals surface area contributed by atoms with Crippen LogP contribution in [0.3, 0.4) is 0 Å². The predicted octanol–water partition coefficient (Wildman–Crippen LogP) is 3.58. The Morgan fingerprint density at radius 2 is 1.72 bits per heavy atom. The number of hydrogen-bond donors (Lipinski definition) is 0. The van der Waals surface area contributed by atoms with Crippen LogP contribution in [0.25, 0.3) is 0 Å². The van der Waals surface area contributed by atoms with Crippen LogP contribution in [0.15, 0.2) is 53.4 Å². The lowest BCUT2D eigenvalue weighted by atomic mass is 9.94. The van der Waals surface area contributed by atoms with E-state index in [1.165, 1.54) is 28.6 Å². The average molecular weight is 413 g/mol. The van der Waals surface area contributed by atoms with Crippen LogP contribution in [-0.2, 0) is 21.4 Å². The molecule has 7 heteroatoms. The van der Waals surface area contributed by atoms with Crippen LogP contribution < -0.4 is 0 Å². The summed E-state index contributed by atoms with van der Waals surface area (Å²) in [5, 5.41) is 9.10. The third-order valence-electron chi connectivity index (χ3n) is 5.06. The highest BCUT2D eigenvalue weighted by Gasteiger charge is 2.31. The first kappa shape index (κ1) is 21.0. The molecular weight excluding hydrogens is 388 g/mol. The summed E-state index contributed by atoms with van der Waals surface area (Å²) in [6.45, 7) is 5.11. The van der Waals surface area contributed by atoms with Gasteiger partial charge in [0.2, 0.25) is 10.0 Å². The molecule has 152 valence electrons. The number of nitrogens with zero attached hydrogens (tertiary/aromatic N) is 2. The number of carbonyl (C=O) groups is 1. The molecule has 0 aliphatic carbocycles. The summed E-state index contributed by atoms with van der Waals surface area (Å²) in [7, 11) is -3.59. The smallest absolute Gasteiger partial charge is 0.338 e. The highest BCUT2D eigenvalue weighted by Crippen LogP contribution is 2.26. The van der Waals surface area contributed by atoms with Gasteiger partial charge in [-0.1, -0.05) is 32.0 Å². The number of nitriles is 1. The van der Waals surface area contributed by atoms with E-state index in [1.54, 1.807) is 24.3 Å². The van der Waals surface area contributed by atoms with E-state index >= 15 is 0 Å². The van der Waals surface area contributed by atoms with Gasteiger partial charge in [0.05, 0.1) is 22.1 Å². The van der Waals surface area contributed by atoms with Crippen molar-refractivity contribution in [3.63, 3.8) is 0 Å². The Labute approximate surface area is 171 Å². The standard InChI is InChI=1S/C22H24N2O4S/c1-16-11-17(2)14-24(13-16)29(26,27)21-9-7-18(8-10-21)22(25)28-15-20-6-4-3-5-19(20)12-23/h3-10,16-17H,11,13-15H2,1-2H3/t16-,17-/m1/s1. The second-order valence-electron chi connectivity index (χ2n) is 7.64. The molecule has 1 fully saturated rings. The quantitative estimate of drug-likeness (QED) is 0.701. The van der Waals surface area contributed by atoms with Gasteiger partial charge in [-0.25, -0.2) is 13.2 Å². The summed E-state index contributed by atoms with van der Waals surface area (Å²) in [5.41, 5.74) is 1.33. The van der Waals surface area contributed by atoms with Crippen molar-refractivity contribution in [1.82, 2.24) is 4.31 Å². The molecule has 3 rings (SSSR count). The van der Waals surface area contributed by atoms with Gasteiger partial charge in [-0.15, -0.1) is 0 Å². The van der Waals surface area contributed by atoms with Crippen molar-refractivity contribution in [2.45, 2.75) is 31.8 Å². The molecule has 0 amide bonds. The fourth-order valence-electron chi connectivity index (χ4n) is 3.70. The number of hydrogen-bond acceptors (Lipinski definition) is 5. The zero-order valence-electron chi connectivity index (χ0n) is 16.5. The Morgan fingerprint density at radius 1 is 1.10 bits per heavy atom. The molecule has 1 saturated heterocycles. The van der Waals surface area contributed by atoms with Gasteiger partial charge >= 0.3 is 5.97 Å². The normalized spacial score (nSPS) is 20.0. The van der Waals surface area contributed by atoms with E-state index in [0.29, 0.717) is 36.1 Å². The van der Waals surface area contributed by atoms with Gasteiger partial charge < -0.3 is 4.74 Å². The molecular formula is C22H24N2O4S. The van der Waals surface area contributed by atoms with Crippen LogP contribution in [0, 0.1) is 23.2 Å². The molecule has 0 radical (unpaired) electrons. The van der Waals surface area contributed by atoms with Crippen LogP contribution in [0.1, 0.15) is 41.8 Å². The van der Waals surface area contributed by atoms with Crippen LogP contribution in [0.2, 0.25) is 0 Å². The Balaban J connectivity index is 1.69. The van der Waals surface area contributed by atoms with Gasteiger partial charge in [0.1, 0.15) is 6.61 Å². The van der Waals surface area contributed by atoms with Crippen molar-refractivity contribution in [2.24, 2.45) is 11.8 Å². The van der Waals surface area contributed by atoms with Gasteiger partial charge in [-0.2, -0.15) is 9.57 Å². The first-order valence-electron chi connectivity index (χ1n) is 9.56. The van der Waals surface area contributed by atoms with Gasteiger partial charge in [-0.05, 0) is 48.6 Å². The fraction of sp³-hybridized carbons (Fsp3) is 0.364. The van der Waals surface area contributed by atoms with Crippen LogP contribution >= 0.6 is 0 Å². The monoisotopic (exact) mass is 412 g/mol. The summed E-state index contributed by atoms with van der Waals surface area (Å²) >= 11 is 0. The van der Waals surface area contributed by atoms with E-state index in [2.05, 4.69) is 19.9 Å². The minimum absolute atomic E-state index is 0.0217. The fourth-order valence-corrected chi connectivity index (χ4v) is 5.38. The summed E-state index contributed by atoms with van der Waals surface area (Å²) in [4.78, 5) is 12.5. The second kappa shape index (κ2) is 8.76. The van der Waals surface area contributed by atoms with E-state index in [4.69, 9.17) is 10.00 Å². The highest BCUT2D eigenvalue weighted by molar-refractivity contribution is 7.89. The number of sulfonamides is 1. The maximum absolute atomic E-state index is 12.9. The first-order chi connectivity index (χ1) is 13.8. The van der Waals surface area contributed by atoms with E-state index < -0.39 is 16.0 Å². The molecule has 0 saturated carbocycles. The number of piperidine rings is 1. The molecule has 1 aliphatic heterocycles. The van der Waals surface area contributed by atoms with Crippen molar-refractivity contribution >= 4 is 16.0 Å². The van der Waals surface area contributed by atoms with Crippen molar-refractivity contribution in [1.29, 1.82) is 5.26 Å². The lowest BCUT2D eigenvalue weighted by molar-refractivity contribution is 0.0472. The van der Waals surface area contributed by atoms with Crippen LogP contribution in [0.4, 0.5) is 0 Å². The van der Waals surface area contributed by atoms with Gasteiger partial charge in [0, 0.05) is 18.7 Å². The first-order valence-corrected chi connectivity index (χ1v) is 11.0. The number of esters is 1. The molecule has 1 aliphatic rings. The molecule has 0 spiro atoms. The van der Waals surface area contributed by atoms with Crippen molar-refractivity contribution < 1.29 is 17.9 Å². The van der Waals surface area contributed by atoms with E-state index in [1.807, 2.05) is 0 Å². The predicted molar refractivity (Wildman–Crippen MR) is 108 cm³/mol. The molecule has 29 heavy (non-hydrogen) atoms. The minimum Gasteiger partial charge on any atom is -0.457 e. The molecule has 0 N–H and O–H groups in total. The Kier molecular flexibility index (Phi) is 6.36. The molecule has 1 heterocycles. The highest BCUT2D eigenvalue weighted by atomic mass is 32.2. The van der Waals surface area contributed by atoms with Gasteiger partial charge in [0.15, 0.2) is 0 Å². The molecule has 0 aromatic heterocycles. The topological polar surface area (TPSA) is 87.5 Å². The Bertz CT molecular complexity index is 1020. The number of benzene rings is 2. The third-order valence-corrected chi connectivity index (χ3v) is 6.91. The van der Waals surface area contributed by atoms with Crippen molar-refractivity contribution in [3.05, 3.63) is 65.2 Å². The third kappa shape index (κ3) is 4.84. The summed E-state index contributed by atoms with van der Waals surface area (Å²) in [5.74, 6) is 0.0695. The molecule has 2 aromatic rings. The summed E-state index contributed by atoms with van der Waals surface area (Å²) in [6.07, 6.45) is 1.02. The van der Waals surface area contributed by atoms with Crippen LogP contribution in [0.5, 0.6) is 0 Å². The number of rotatable bonds is 5. The van der Waals surface area contributed by atoms with Gasteiger partial charge in [0.25, 0.3) is 0 Å². The maximum atomic E-state index is 12.9. The molecule has 6 nitrogen and oxygen atoms in total. The number of ether oxygens (including phenoxy) is 1. The second-order valence-corrected chi connectivity index (χ2v) is 9.58. The maximum Gasteiger partial charge on any atom is 0.338 e. The van der Waals surface area contributed by atoms with E-state index in [0.717, 1.165) is 6.42 Å². The lowest BCUT2D eigenvalue weighted by Crippen LogP contribution is -2.42. The van der Waals surface area contributed by atoms with Gasteiger partial charge in [-0.3, -0.25) is 0 Å². The largest absolute Gasteiger partial charge is 0.457 e. The van der Waals surface area contributed by atoms with Crippen molar-refractivity contribution in [3.8, 4) is 6.07 Å². The summed E-state index contributed by atoms with van der Waals surface area (Å²) in [6, 6.07) is 14.8. The Hall–Kier alpha value is -2.69. The minimum atomic E-state index is -3.59. The zero-order valence-corrected chi connectivity index (χ0v) is 17.4. The average Bonchev–Trinajstić information content (AvgIpc) is 2.71. The number of carbonyl (C=O) groups excluding carboxylic acids is 1. The van der Waals surface area contributed by atoms with Crippen LogP contribution in [-0.4, -0.2) is 31.8 Å². The lowest BCUT2D eigenvalue weighted by Gasteiger charge is -2.34. The zero-order chi connectivity index (χ0) is 21.0. The van der Waals surface area contributed by atoms with E-state index in [9.17, 15) is 13.2 Å². The summed E-state index contributed by atoms with van der Waals surface area (Å²) < 4.78 is 32.6.